The third kappa shape index (κ3) is 2.97. The number of aliphatic hydroxyl groups is 1. The minimum atomic E-state index is -0.456. The molecule has 1 saturated carbocycles. The van der Waals surface area contributed by atoms with E-state index in [1.54, 1.807) is 6.08 Å². The SMILES string of the molecule is O=C(C=Cc1nc2ccccc2o1)NC1(CO)CCCC1. The Balaban J connectivity index is 1.69. The van der Waals surface area contributed by atoms with Crippen molar-refractivity contribution in [3.63, 3.8) is 0 Å². The van der Waals surface area contributed by atoms with Crippen molar-refractivity contribution in [1.29, 1.82) is 0 Å². The Bertz CT molecular complexity index is 636. The van der Waals surface area contributed by atoms with E-state index >= 15 is 0 Å². The summed E-state index contributed by atoms with van der Waals surface area (Å²) in [5, 5.41) is 12.4. The van der Waals surface area contributed by atoms with E-state index in [-0.39, 0.29) is 12.5 Å². The van der Waals surface area contributed by atoms with Crippen LogP contribution in [0.5, 0.6) is 0 Å². The monoisotopic (exact) mass is 286 g/mol. The van der Waals surface area contributed by atoms with Crippen LogP contribution in [-0.4, -0.2) is 28.1 Å². The van der Waals surface area contributed by atoms with Gasteiger partial charge in [0.2, 0.25) is 11.8 Å². The summed E-state index contributed by atoms with van der Waals surface area (Å²) in [6, 6.07) is 7.45. The molecule has 1 heterocycles. The molecule has 2 aromatic rings. The molecule has 1 aliphatic rings. The lowest BCUT2D eigenvalue weighted by atomic mass is 9.99. The molecule has 3 rings (SSSR count). The summed E-state index contributed by atoms with van der Waals surface area (Å²) in [4.78, 5) is 16.2. The number of carbonyl (C=O) groups is 1. The van der Waals surface area contributed by atoms with Crippen LogP contribution in [0.25, 0.3) is 17.2 Å². The highest BCUT2D eigenvalue weighted by molar-refractivity contribution is 5.92. The Morgan fingerprint density at radius 2 is 2.14 bits per heavy atom. The van der Waals surface area contributed by atoms with Crippen LogP contribution in [0.2, 0.25) is 0 Å². The van der Waals surface area contributed by atoms with E-state index in [1.165, 1.54) is 6.08 Å². The molecule has 0 saturated heterocycles. The number of oxazole rings is 1. The summed E-state index contributed by atoms with van der Waals surface area (Å²) in [6.45, 7) is -0.0184. The molecular formula is C16H18N2O3. The molecule has 1 aliphatic carbocycles. The number of hydrogen-bond donors (Lipinski definition) is 2. The lowest BCUT2D eigenvalue weighted by molar-refractivity contribution is -0.118. The first kappa shape index (κ1) is 13.8. The number of nitrogens with zero attached hydrogens (tertiary/aromatic N) is 1. The van der Waals surface area contributed by atoms with Crippen LogP contribution in [0, 0.1) is 0 Å². The smallest absolute Gasteiger partial charge is 0.244 e. The second-order valence-corrected chi connectivity index (χ2v) is 5.49. The van der Waals surface area contributed by atoms with Crippen molar-refractivity contribution in [3.8, 4) is 0 Å². The fourth-order valence-corrected chi connectivity index (χ4v) is 2.79. The number of amides is 1. The number of carbonyl (C=O) groups excluding carboxylic acids is 1. The number of para-hydroxylation sites is 2. The molecule has 1 fully saturated rings. The predicted molar refractivity (Wildman–Crippen MR) is 79.5 cm³/mol. The number of aliphatic hydroxyl groups excluding tert-OH is 1. The van der Waals surface area contributed by atoms with Crippen molar-refractivity contribution >= 4 is 23.1 Å². The highest BCUT2D eigenvalue weighted by Gasteiger charge is 2.33. The maximum atomic E-state index is 12.0. The van der Waals surface area contributed by atoms with Gasteiger partial charge in [0.25, 0.3) is 0 Å². The summed E-state index contributed by atoms with van der Waals surface area (Å²) in [7, 11) is 0. The van der Waals surface area contributed by atoms with Gasteiger partial charge in [-0.3, -0.25) is 4.79 Å². The van der Waals surface area contributed by atoms with E-state index in [2.05, 4.69) is 10.3 Å². The van der Waals surface area contributed by atoms with Gasteiger partial charge in [-0.15, -0.1) is 0 Å². The molecular weight excluding hydrogens is 268 g/mol. The first-order chi connectivity index (χ1) is 10.2. The van der Waals surface area contributed by atoms with E-state index in [0.29, 0.717) is 11.5 Å². The third-order valence-corrected chi connectivity index (χ3v) is 3.94. The van der Waals surface area contributed by atoms with Crippen molar-refractivity contribution in [2.75, 3.05) is 6.61 Å². The number of hydrogen-bond acceptors (Lipinski definition) is 4. The lowest BCUT2D eigenvalue weighted by Crippen LogP contribution is -2.48. The van der Waals surface area contributed by atoms with Crippen LogP contribution in [0.1, 0.15) is 31.6 Å². The first-order valence-corrected chi connectivity index (χ1v) is 7.17. The predicted octanol–water partition coefficient (Wildman–Crippen LogP) is 2.26. The van der Waals surface area contributed by atoms with Crippen molar-refractivity contribution in [2.45, 2.75) is 31.2 Å². The molecule has 0 atom stereocenters. The van der Waals surface area contributed by atoms with Gasteiger partial charge >= 0.3 is 0 Å². The molecule has 5 heteroatoms. The van der Waals surface area contributed by atoms with E-state index in [9.17, 15) is 9.90 Å². The van der Waals surface area contributed by atoms with E-state index in [4.69, 9.17) is 4.42 Å². The van der Waals surface area contributed by atoms with Gasteiger partial charge in [-0.25, -0.2) is 4.98 Å². The average Bonchev–Trinajstić information content (AvgIpc) is 3.11. The molecule has 0 bridgehead atoms. The third-order valence-electron chi connectivity index (χ3n) is 3.94. The summed E-state index contributed by atoms with van der Waals surface area (Å²) in [5.74, 6) is 0.170. The molecule has 21 heavy (non-hydrogen) atoms. The Kier molecular flexibility index (Phi) is 3.75. The minimum absolute atomic E-state index is 0.0184. The highest BCUT2D eigenvalue weighted by Crippen LogP contribution is 2.29. The van der Waals surface area contributed by atoms with Crippen LogP contribution >= 0.6 is 0 Å². The average molecular weight is 286 g/mol. The molecule has 0 aliphatic heterocycles. The van der Waals surface area contributed by atoms with E-state index < -0.39 is 5.54 Å². The maximum absolute atomic E-state index is 12.0. The Morgan fingerprint density at radius 1 is 1.38 bits per heavy atom. The molecule has 0 spiro atoms. The highest BCUT2D eigenvalue weighted by atomic mass is 16.3. The number of rotatable bonds is 4. The van der Waals surface area contributed by atoms with Gasteiger partial charge in [0.15, 0.2) is 5.58 Å². The van der Waals surface area contributed by atoms with Crippen molar-refractivity contribution in [3.05, 3.63) is 36.2 Å². The Hall–Kier alpha value is -2.14. The topological polar surface area (TPSA) is 75.4 Å². The molecule has 5 nitrogen and oxygen atoms in total. The summed E-state index contributed by atoms with van der Waals surface area (Å²) in [6.07, 6.45) is 6.68. The summed E-state index contributed by atoms with van der Waals surface area (Å²) in [5.41, 5.74) is 1.00. The normalized spacial score (nSPS) is 17.6. The quantitative estimate of drug-likeness (QED) is 0.845. The molecule has 1 amide bonds. The van der Waals surface area contributed by atoms with Crippen molar-refractivity contribution in [1.82, 2.24) is 10.3 Å². The molecule has 110 valence electrons. The van der Waals surface area contributed by atoms with Crippen LogP contribution in [-0.2, 0) is 4.79 Å². The second-order valence-electron chi connectivity index (χ2n) is 5.49. The zero-order valence-electron chi connectivity index (χ0n) is 11.7. The maximum Gasteiger partial charge on any atom is 0.244 e. The Labute approximate surface area is 122 Å². The van der Waals surface area contributed by atoms with Crippen molar-refractivity contribution in [2.24, 2.45) is 0 Å². The minimum Gasteiger partial charge on any atom is -0.437 e. The van der Waals surface area contributed by atoms with Crippen LogP contribution in [0.15, 0.2) is 34.8 Å². The molecule has 0 radical (unpaired) electrons. The van der Waals surface area contributed by atoms with Crippen LogP contribution in [0.4, 0.5) is 0 Å². The molecule has 1 aromatic carbocycles. The number of nitrogens with one attached hydrogen (secondary N) is 1. The van der Waals surface area contributed by atoms with Crippen molar-refractivity contribution < 1.29 is 14.3 Å². The summed E-state index contributed by atoms with van der Waals surface area (Å²) >= 11 is 0. The van der Waals surface area contributed by atoms with Crippen LogP contribution < -0.4 is 5.32 Å². The van der Waals surface area contributed by atoms with Gasteiger partial charge in [0, 0.05) is 12.2 Å². The zero-order valence-corrected chi connectivity index (χ0v) is 11.7. The zero-order chi connectivity index (χ0) is 14.7. The van der Waals surface area contributed by atoms with Gasteiger partial charge in [0.1, 0.15) is 5.52 Å². The van der Waals surface area contributed by atoms with E-state index in [1.807, 2.05) is 24.3 Å². The standard InChI is InChI=1S/C16H18N2O3/c19-11-16(9-3-4-10-16)18-14(20)7-8-15-17-12-5-1-2-6-13(12)21-15/h1-2,5-8,19H,3-4,9-11H2,(H,18,20). The Morgan fingerprint density at radius 3 is 2.86 bits per heavy atom. The largest absolute Gasteiger partial charge is 0.437 e. The number of aromatic nitrogens is 1. The van der Waals surface area contributed by atoms with Gasteiger partial charge in [-0.1, -0.05) is 25.0 Å². The number of benzene rings is 1. The van der Waals surface area contributed by atoms with Gasteiger partial charge < -0.3 is 14.8 Å². The fraction of sp³-hybridized carbons (Fsp3) is 0.375. The van der Waals surface area contributed by atoms with Crippen LogP contribution in [0.3, 0.4) is 0 Å². The van der Waals surface area contributed by atoms with Gasteiger partial charge in [-0.2, -0.15) is 0 Å². The second kappa shape index (κ2) is 5.69. The fourth-order valence-electron chi connectivity index (χ4n) is 2.79. The lowest BCUT2D eigenvalue weighted by Gasteiger charge is -2.27. The van der Waals surface area contributed by atoms with Gasteiger partial charge in [-0.05, 0) is 25.0 Å². The van der Waals surface area contributed by atoms with E-state index in [0.717, 1.165) is 31.2 Å². The summed E-state index contributed by atoms with van der Waals surface area (Å²) < 4.78 is 5.51. The first-order valence-electron chi connectivity index (χ1n) is 7.17. The number of fused-ring (bicyclic) bond motifs is 1. The van der Waals surface area contributed by atoms with Gasteiger partial charge in [0.05, 0.1) is 12.1 Å². The molecule has 1 aromatic heterocycles. The molecule has 2 N–H and O–H groups in total. The molecule has 0 unspecified atom stereocenters.